The average Bonchev–Trinajstić information content (AvgIpc) is 3.14. The normalized spacial score (nSPS) is 20.5. The van der Waals surface area contributed by atoms with Crippen molar-refractivity contribution in [2.45, 2.75) is 49.3 Å². The third kappa shape index (κ3) is 5.08. The summed E-state index contributed by atoms with van der Waals surface area (Å²) < 4.78 is 27.2. The van der Waals surface area contributed by atoms with Gasteiger partial charge in [-0.3, -0.25) is 9.52 Å². The van der Waals surface area contributed by atoms with Gasteiger partial charge >= 0.3 is 0 Å². The minimum atomic E-state index is -3.54. The summed E-state index contributed by atoms with van der Waals surface area (Å²) in [5.41, 5.74) is 1.36. The molecule has 5 nitrogen and oxygen atoms in total. The van der Waals surface area contributed by atoms with Crippen LogP contribution >= 0.6 is 11.3 Å². The van der Waals surface area contributed by atoms with E-state index in [1.165, 1.54) is 24.2 Å². The Morgan fingerprint density at radius 3 is 2.42 bits per heavy atom. The lowest BCUT2D eigenvalue weighted by Crippen LogP contribution is -2.38. The van der Waals surface area contributed by atoms with Gasteiger partial charge in [-0.05, 0) is 60.7 Å². The predicted molar refractivity (Wildman–Crippen MR) is 105 cm³/mol. The van der Waals surface area contributed by atoms with Crippen LogP contribution in [0, 0.1) is 5.92 Å². The van der Waals surface area contributed by atoms with Gasteiger partial charge in [0.1, 0.15) is 4.21 Å². The van der Waals surface area contributed by atoms with E-state index in [2.05, 4.69) is 17.0 Å². The molecule has 1 aliphatic carbocycles. The summed E-state index contributed by atoms with van der Waals surface area (Å²) in [5, 5.41) is 4.84. The highest BCUT2D eigenvalue weighted by Crippen LogP contribution is 2.24. The van der Waals surface area contributed by atoms with Crippen LogP contribution in [0.2, 0.25) is 0 Å². The van der Waals surface area contributed by atoms with Crippen molar-refractivity contribution in [3.05, 3.63) is 47.3 Å². The van der Waals surface area contributed by atoms with Gasteiger partial charge in [0.05, 0.1) is 6.42 Å². The number of amides is 1. The molecule has 0 bridgehead atoms. The van der Waals surface area contributed by atoms with Gasteiger partial charge in [0.2, 0.25) is 5.91 Å². The maximum absolute atomic E-state index is 12.2. The van der Waals surface area contributed by atoms with E-state index in [1.807, 2.05) is 0 Å². The molecule has 1 aliphatic rings. The van der Waals surface area contributed by atoms with E-state index in [9.17, 15) is 13.2 Å². The second kappa shape index (κ2) is 8.22. The Bertz CT molecular complexity index is 822. The Hall–Kier alpha value is -1.86. The van der Waals surface area contributed by atoms with Crippen LogP contribution in [0.5, 0.6) is 0 Å². The van der Waals surface area contributed by atoms with Crippen molar-refractivity contribution in [3.8, 4) is 0 Å². The summed E-state index contributed by atoms with van der Waals surface area (Å²) in [4.78, 5) is 12.2. The molecular formula is C19H24N2O3S2. The number of thiophene rings is 1. The van der Waals surface area contributed by atoms with E-state index in [4.69, 9.17) is 0 Å². The van der Waals surface area contributed by atoms with Crippen LogP contribution in [0.25, 0.3) is 0 Å². The van der Waals surface area contributed by atoms with Crippen LogP contribution in [0.15, 0.2) is 46.0 Å². The summed E-state index contributed by atoms with van der Waals surface area (Å²) in [7, 11) is -3.54. The molecule has 7 heteroatoms. The number of rotatable bonds is 6. The smallest absolute Gasteiger partial charge is 0.271 e. The molecule has 1 aromatic heterocycles. The van der Waals surface area contributed by atoms with Gasteiger partial charge in [0, 0.05) is 11.7 Å². The molecule has 0 saturated heterocycles. The lowest BCUT2D eigenvalue weighted by atomic mass is 9.87. The van der Waals surface area contributed by atoms with Crippen molar-refractivity contribution in [1.82, 2.24) is 5.32 Å². The Morgan fingerprint density at radius 2 is 1.81 bits per heavy atom. The molecule has 1 fully saturated rings. The van der Waals surface area contributed by atoms with Crippen LogP contribution < -0.4 is 10.0 Å². The molecule has 2 N–H and O–H groups in total. The van der Waals surface area contributed by atoms with Crippen LogP contribution in [-0.4, -0.2) is 20.4 Å². The van der Waals surface area contributed by atoms with Crippen molar-refractivity contribution in [2.75, 3.05) is 4.72 Å². The first-order chi connectivity index (χ1) is 12.4. The highest BCUT2D eigenvalue weighted by atomic mass is 32.2. The Labute approximate surface area is 158 Å². The first-order valence-electron chi connectivity index (χ1n) is 8.87. The molecule has 1 saturated carbocycles. The molecule has 0 aliphatic heterocycles. The predicted octanol–water partition coefficient (Wildman–Crippen LogP) is 3.79. The van der Waals surface area contributed by atoms with Crippen LogP contribution in [-0.2, 0) is 21.2 Å². The first-order valence-corrected chi connectivity index (χ1v) is 11.2. The van der Waals surface area contributed by atoms with Crippen molar-refractivity contribution >= 4 is 33.0 Å². The zero-order chi connectivity index (χ0) is 18.6. The molecule has 0 radical (unpaired) electrons. The fraction of sp³-hybridized carbons (Fsp3) is 0.421. The van der Waals surface area contributed by atoms with E-state index < -0.39 is 10.0 Å². The third-order valence-electron chi connectivity index (χ3n) is 4.71. The topological polar surface area (TPSA) is 75.3 Å². The number of nitrogens with one attached hydrogen (secondary N) is 2. The molecule has 1 amide bonds. The second-order valence-corrected chi connectivity index (χ2v) is 9.79. The SMILES string of the molecule is CC1CCC(NC(=O)Cc2ccc(NS(=O)(=O)c3cccs3)cc2)CC1. The summed E-state index contributed by atoms with van der Waals surface area (Å²) in [6.45, 7) is 2.26. The van der Waals surface area contributed by atoms with Gasteiger partial charge in [0.25, 0.3) is 10.0 Å². The molecular weight excluding hydrogens is 368 g/mol. The summed E-state index contributed by atoms with van der Waals surface area (Å²) in [5.74, 6) is 0.783. The number of hydrogen-bond donors (Lipinski definition) is 2. The van der Waals surface area contributed by atoms with Crippen LogP contribution in [0.3, 0.4) is 0 Å². The van der Waals surface area contributed by atoms with Crippen molar-refractivity contribution in [3.63, 3.8) is 0 Å². The molecule has 1 aromatic carbocycles. The average molecular weight is 393 g/mol. The van der Waals surface area contributed by atoms with Gasteiger partial charge in [-0.2, -0.15) is 0 Å². The van der Waals surface area contributed by atoms with Gasteiger partial charge in [-0.25, -0.2) is 8.42 Å². The van der Waals surface area contributed by atoms with E-state index in [0.29, 0.717) is 12.1 Å². The fourth-order valence-electron chi connectivity index (χ4n) is 3.18. The number of anilines is 1. The summed E-state index contributed by atoms with van der Waals surface area (Å²) in [6.07, 6.45) is 4.75. The number of hydrogen-bond acceptors (Lipinski definition) is 4. The zero-order valence-electron chi connectivity index (χ0n) is 14.8. The van der Waals surface area contributed by atoms with Gasteiger partial charge < -0.3 is 5.32 Å². The molecule has 140 valence electrons. The second-order valence-electron chi connectivity index (χ2n) is 6.94. The van der Waals surface area contributed by atoms with E-state index in [0.717, 1.165) is 24.3 Å². The van der Waals surface area contributed by atoms with Gasteiger partial charge in [0.15, 0.2) is 0 Å². The van der Waals surface area contributed by atoms with E-state index in [1.54, 1.807) is 41.8 Å². The molecule has 2 aromatic rings. The van der Waals surface area contributed by atoms with Crippen molar-refractivity contribution in [2.24, 2.45) is 5.92 Å². The number of carbonyl (C=O) groups is 1. The largest absolute Gasteiger partial charge is 0.353 e. The highest BCUT2D eigenvalue weighted by Gasteiger charge is 2.20. The summed E-state index contributed by atoms with van der Waals surface area (Å²) >= 11 is 1.17. The van der Waals surface area contributed by atoms with E-state index >= 15 is 0 Å². The van der Waals surface area contributed by atoms with Crippen molar-refractivity contribution < 1.29 is 13.2 Å². The molecule has 1 heterocycles. The zero-order valence-corrected chi connectivity index (χ0v) is 16.4. The Balaban J connectivity index is 1.53. The maximum Gasteiger partial charge on any atom is 0.271 e. The fourth-order valence-corrected chi connectivity index (χ4v) is 5.23. The van der Waals surface area contributed by atoms with Gasteiger partial charge in [-0.1, -0.05) is 25.1 Å². The lowest BCUT2D eigenvalue weighted by molar-refractivity contribution is -0.121. The minimum absolute atomic E-state index is 0.0245. The standard InChI is InChI=1S/C19H24N2O3S2/c1-14-4-8-16(9-5-14)20-18(22)13-15-6-10-17(11-7-15)21-26(23,24)19-3-2-12-25-19/h2-3,6-7,10-12,14,16,21H,4-5,8-9,13H2,1H3,(H,20,22). The molecule has 26 heavy (non-hydrogen) atoms. The maximum atomic E-state index is 12.2. The highest BCUT2D eigenvalue weighted by molar-refractivity contribution is 7.94. The molecule has 3 rings (SSSR count). The lowest BCUT2D eigenvalue weighted by Gasteiger charge is -2.26. The number of sulfonamides is 1. The third-order valence-corrected chi connectivity index (χ3v) is 7.49. The first kappa shape index (κ1) is 18.9. The number of benzene rings is 1. The Morgan fingerprint density at radius 1 is 1.12 bits per heavy atom. The minimum Gasteiger partial charge on any atom is -0.353 e. The van der Waals surface area contributed by atoms with Crippen LogP contribution in [0.4, 0.5) is 5.69 Å². The molecule has 0 atom stereocenters. The van der Waals surface area contributed by atoms with Gasteiger partial charge in [-0.15, -0.1) is 11.3 Å². The summed E-state index contributed by atoms with van der Waals surface area (Å²) in [6, 6.07) is 10.5. The molecule has 0 spiro atoms. The monoisotopic (exact) mass is 392 g/mol. The quantitative estimate of drug-likeness (QED) is 0.785. The van der Waals surface area contributed by atoms with Crippen molar-refractivity contribution in [1.29, 1.82) is 0 Å². The van der Waals surface area contributed by atoms with E-state index in [-0.39, 0.29) is 16.2 Å². The Kier molecular flexibility index (Phi) is 5.98. The van der Waals surface area contributed by atoms with Crippen LogP contribution in [0.1, 0.15) is 38.2 Å². The molecule has 0 unspecified atom stereocenters. The number of carbonyl (C=O) groups excluding carboxylic acids is 1.